The fraction of sp³-hybridized carbons (Fsp3) is 0.150. The molecular formula is C20H19N3O2. The smallest absolute Gasteiger partial charge is 0.258 e. The van der Waals surface area contributed by atoms with E-state index in [0.717, 1.165) is 22.4 Å². The molecule has 3 rings (SSSR count). The van der Waals surface area contributed by atoms with Gasteiger partial charge in [-0.25, -0.2) is 0 Å². The van der Waals surface area contributed by atoms with Crippen molar-refractivity contribution in [3.63, 3.8) is 0 Å². The molecule has 0 fully saturated rings. The van der Waals surface area contributed by atoms with Crippen molar-refractivity contribution in [3.05, 3.63) is 78.2 Å². The predicted molar refractivity (Wildman–Crippen MR) is 96.0 cm³/mol. The Balaban J connectivity index is 1.53. The van der Waals surface area contributed by atoms with Gasteiger partial charge in [-0.3, -0.25) is 14.8 Å². The number of aromatic nitrogens is 2. The zero-order valence-corrected chi connectivity index (χ0v) is 14.0. The van der Waals surface area contributed by atoms with Crippen molar-refractivity contribution in [2.24, 2.45) is 0 Å². The first kappa shape index (κ1) is 16.6. The monoisotopic (exact) mass is 333 g/mol. The van der Waals surface area contributed by atoms with Crippen LogP contribution in [0.5, 0.6) is 5.75 Å². The molecule has 0 saturated heterocycles. The SMILES string of the molecule is Cc1ccc(OCC(=O)NCc2ccnc(-c3cccnc3)c2)cc1. The summed E-state index contributed by atoms with van der Waals surface area (Å²) in [5, 5.41) is 2.85. The maximum absolute atomic E-state index is 11.9. The average Bonchev–Trinajstić information content (AvgIpc) is 2.67. The van der Waals surface area contributed by atoms with Gasteiger partial charge in [0.2, 0.25) is 0 Å². The van der Waals surface area contributed by atoms with Crippen LogP contribution in [0.15, 0.2) is 67.1 Å². The Morgan fingerprint density at radius 2 is 1.96 bits per heavy atom. The molecule has 0 aliphatic rings. The van der Waals surface area contributed by atoms with Crippen LogP contribution in [0.4, 0.5) is 0 Å². The standard InChI is InChI=1S/C20H19N3O2/c1-15-4-6-18(7-5-15)25-14-20(24)23-12-16-8-10-22-19(11-16)17-3-2-9-21-13-17/h2-11,13H,12,14H2,1H3,(H,23,24). The lowest BCUT2D eigenvalue weighted by Gasteiger charge is -2.08. The third-order valence-electron chi connectivity index (χ3n) is 3.66. The summed E-state index contributed by atoms with van der Waals surface area (Å²) in [6, 6.07) is 15.2. The highest BCUT2D eigenvalue weighted by Gasteiger charge is 2.05. The summed E-state index contributed by atoms with van der Waals surface area (Å²) in [5.41, 5.74) is 3.89. The van der Waals surface area contributed by atoms with Crippen molar-refractivity contribution in [1.29, 1.82) is 0 Å². The molecule has 0 aliphatic heterocycles. The number of amides is 1. The van der Waals surface area contributed by atoms with Gasteiger partial charge in [0.15, 0.2) is 6.61 Å². The summed E-state index contributed by atoms with van der Waals surface area (Å²) in [4.78, 5) is 20.4. The number of benzene rings is 1. The Kier molecular flexibility index (Phi) is 5.36. The van der Waals surface area contributed by atoms with Gasteiger partial charge in [0.05, 0.1) is 5.69 Å². The normalized spacial score (nSPS) is 10.3. The molecule has 0 radical (unpaired) electrons. The van der Waals surface area contributed by atoms with E-state index in [4.69, 9.17) is 4.74 Å². The minimum Gasteiger partial charge on any atom is -0.484 e. The molecule has 1 amide bonds. The van der Waals surface area contributed by atoms with Crippen LogP contribution in [-0.2, 0) is 11.3 Å². The second-order valence-electron chi connectivity index (χ2n) is 5.67. The number of rotatable bonds is 6. The van der Waals surface area contributed by atoms with Crippen molar-refractivity contribution in [2.75, 3.05) is 6.61 Å². The number of aryl methyl sites for hydroxylation is 1. The van der Waals surface area contributed by atoms with Gasteiger partial charge in [0, 0.05) is 30.7 Å². The Bertz CT molecular complexity index is 833. The molecule has 3 aromatic rings. The average molecular weight is 333 g/mol. The molecular weight excluding hydrogens is 314 g/mol. The molecule has 126 valence electrons. The van der Waals surface area contributed by atoms with Crippen LogP contribution in [0.25, 0.3) is 11.3 Å². The first-order valence-corrected chi connectivity index (χ1v) is 8.02. The summed E-state index contributed by atoms with van der Waals surface area (Å²) >= 11 is 0. The van der Waals surface area contributed by atoms with E-state index in [2.05, 4.69) is 15.3 Å². The van der Waals surface area contributed by atoms with Crippen LogP contribution in [0, 0.1) is 6.92 Å². The minimum absolute atomic E-state index is 0.0103. The van der Waals surface area contributed by atoms with Gasteiger partial charge < -0.3 is 10.1 Å². The van der Waals surface area contributed by atoms with Crippen molar-refractivity contribution in [3.8, 4) is 17.0 Å². The number of pyridine rings is 2. The first-order valence-electron chi connectivity index (χ1n) is 8.02. The maximum atomic E-state index is 11.9. The predicted octanol–water partition coefficient (Wildman–Crippen LogP) is 3.15. The Hall–Kier alpha value is -3.21. The van der Waals surface area contributed by atoms with Crippen LogP contribution in [0.1, 0.15) is 11.1 Å². The molecule has 1 N–H and O–H groups in total. The highest BCUT2D eigenvalue weighted by atomic mass is 16.5. The minimum atomic E-state index is -0.166. The van der Waals surface area contributed by atoms with Gasteiger partial charge in [-0.05, 0) is 48.9 Å². The van der Waals surface area contributed by atoms with Crippen LogP contribution >= 0.6 is 0 Å². The molecule has 0 spiro atoms. The van der Waals surface area contributed by atoms with E-state index in [-0.39, 0.29) is 12.5 Å². The van der Waals surface area contributed by atoms with E-state index in [9.17, 15) is 4.79 Å². The highest BCUT2D eigenvalue weighted by Crippen LogP contribution is 2.16. The number of nitrogens with zero attached hydrogens (tertiary/aromatic N) is 2. The van der Waals surface area contributed by atoms with Gasteiger partial charge in [-0.15, -0.1) is 0 Å². The van der Waals surface area contributed by atoms with Gasteiger partial charge in [-0.2, -0.15) is 0 Å². The molecule has 5 nitrogen and oxygen atoms in total. The van der Waals surface area contributed by atoms with Gasteiger partial charge >= 0.3 is 0 Å². The lowest BCUT2D eigenvalue weighted by atomic mass is 10.1. The van der Waals surface area contributed by atoms with Gasteiger partial charge in [0.25, 0.3) is 5.91 Å². The summed E-state index contributed by atoms with van der Waals surface area (Å²) in [7, 11) is 0. The summed E-state index contributed by atoms with van der Waals surface area (Å²) in [6.07, 6.45) is 5.22. The number of nitrogens with one attached hydrogen (secondary N) is 1. The quantitative estimate of drug-likeness (QED) is 0.753. The van der Waals surface area contributed by atoms with E-state index >= 15 is 0 Å². The second kappa shape index (κ2) is 8.06. The van der Waals surface area contributed by atoms with Crippen LogP contribution in [0.3, 0.4) is 0 Å². The first-order chi connectivity index (χ1) is 12.2. The zero-order chi connectivity index (χ0) is 17.5. The number of carbonyl (C=O) groups is 1. The second-order valence-corrected chi connectivity index (χ2v) is 5.67. The lowest BCUT2D eigenvalue weighted by molar-refractivity contribution is -0.123. The van der Waals surface area contributed by atoms with Crippen molar-refractivity contribution in [1.82, 2.24) is 15.3 Å². The molecule has 0 aliphatic carbocycles. The number of hydrogen-bond donors (Lipinski definition) is 1. The number of hydrogen-bond acceptors (Lipinski definition) is 4. The van der Waals surface area contributed by atoms with Crippen LogP contribution in [0.2, 0.25) is 0 Å². The van der Waals surface area contributed by atoms with Crippen molar-refractivity contribution in [2.45, 2.75) is 13.5 Å². The van der Waals surface area contributed by atoms with Crippen molar-refractivity contribution >= 4 is 5.91 Å². The molecule has 5 heteroatoms. The highest BCUT2D eigenvalue weighted by molar-refractivity contribution is 5.77. The third-order valence-corrected chi connectivity index (χ3v) is 3.66. The molecule has 2 heterocycles. The van der Waals surface area contributed by atoms with E-state index in [1.165, 1.54) is 0 Å². The molecule has 1 aromatic carbocycles. The summed E-state index contributed by atoms with van der Waals surface area (Å²) < 4.78 is 5.47. The topological polar surface area (TPSA) is 64.1 Å². The fourth-order valence-corrected chi connectivity index (χ4v) is 2.29. The zero-order valence-electron chi connectivity index (χ0n) is 14.0. The summed E-state index contributed by atoms with van der Waals surface area (Å²) in [5.74, 6) is 0.517. The Morgan fingerprint density at radius 3 is 2.72 bits per heavy atom. The molecule has 0 unspecified atom stereocenters. The lowest BCUT2D eigenvalue weighted by Crippen LogP contribution is -2.28. The van der Waals surface area contributed by atoms with Crippen LogP contribution < -0.4 is 10.1 Å². The van der Waals surface area contributed by atoms with Gasteiger partial charge in [-0.1, -0.05) is 17.7 Å². The van der Waals surface area contributed by atoms with Crippen LogP contribution in [-0.4, -0.2) is 22.5 Å². The number of ether oxygens (including phenoxy) is 1. The molecule has 25 heavy (non-hydrogen) atoms. The van der Waals surface area contributed by atoms with Gasteiger partial charge in [0.1, 0.15) is 5.75 Å². The van der Waals surface area contributed by atoms with Crippen molar-refractivity contribution < 1.29 is 9.53 Å². The Morgan fingerprint density at radius 1 is 1.12 bits per heavy atom. The van der Waals surface area contributed by atoms with E-state index < -0.39 is 0 Å². The molecule has 0 bridgehead atoms. The third kappa shape index (κ3) is 4.88. The van der Waals surface area contributed by atoms with E-state index in [1.54, 1.807) is 18.6 Å². The molecule has 0 atom stereocenters. The molecule has 2 aromatic heterocycles. The maximum Gasteiger partial charge on any atom is 0.258 e. The number of carbonyl (C=O) groups excluding carboxylic acids is 1. The Labute approximate surface area is 146 Å². The molecule has 0 saturated carbocycles. The fourth-order valence-electron chi connectivity index (χ4n) is 2.29. The largest absolute Gasteiger partial charge is 0.484 e. The van der Waals surface area contributed by atoms with E-state index in [1.807, 2.05) is 55.5 Å². The summed E-state index contributed by atoms with van der Waals surface area (Å²) in [6.45, 7) is 2.42. The van der Waals surface area contributed by atoms with E-state index in [0.29, 0.717) is 12.3 Å².